The van der Waals surface area contributed by atoms with Gasteiger partial charge in [-0.05, 0) is 78.6 Å². The molecular formula is C32H35F5O. The molecule has 4 rings (SSSR count). The second-order valence-electron chi connectivity index (χ2n) is 10.6. The molecule has 0 saturated heterocycles. The van der Waals surface area contributed by atoms with Gasteiger partial charge in [0.1, 0.15) is 5.75 Å². The highest BCUT2D eigenvalue weighted by Crippen LogP contribution is 2.38. The van der Waals surface area contributed by atoms with Crippen LogP contribution in [-0.2, 0) is 12.6 Å². The summed E-state index contributed by atoms with van der Waals surface area (Å²) in [4.78, 5) is 0. The SMILES string of the molecule is CCCCC1CCC(CCc2ccc(-c3cc(F)c(F)c(Oc4ccc(C(F)(F)F)cc4)c3C)cc2)CC1. The van der Waals surface area contributed by atoms with Gasteiger partial charge in [-0.15, -0.1) is 0 Å². The van der Waals surface area contributed by atoms with Crippen LogP contribution in [0.5, 0.6) is 11.5 Å². The largest absolute Gasteiger partial charge is 0.454 e. The van der Waals surface area contributed by atoms with Crippen LogP contribution in [0.4, 0.5) is 22.0 Å². The molecule has 3 aromatic carbocycles. The van der Waals surface area contributed by atoms with Crippen molar-refractivity contribution in [1.29, 1.82) is 0 Å². The van der Waals surface area contributed by atoms with Crippen LogP contribution in [-0.4, -0.2) is 0 Å². The molecule has 0 atom stereocenters. The number of benzene rings is 3. The van der Waals surface area contributed by atoms with Gasteiger partial charge in [0.05, 0.1) is 5.56 Å². The fourth-order valence-electron chi connectivity index (χ4n) is 5.47. The minimum Gasteiger partial charge on any atom is -0.454 e. The van der Waals surface area contributed by atoms with Crippen molar-refractivity contribution in [2.75, 3.05) is 0 Å². The predicted octanol–water partition coefficient (Wildman–Crippen LogP) is 10.7. The van der Waals surface area contributed by atoms with Crippen LogP contribution >= 0.6 is 0 Å². The van der Waals surface area contributed by atoms with Gasteiger partial charge in [0.2, 0.25) is 5.82 Å². The molecule has 0 N–H and O–H groups in total. The molecule has 1 nitrogen and oxygen atoms in total. The monoisotopic (exact) mass is 530 g/mol. The number of alkyl halides is 3. The standard InChI is InChI=1S/C32H35F5O/c1-3-4-5-22-6-8-23(9-7-22)10-11-24-12-14-25(15-13-24)28-20-29(33)30(34)31(21(28)2)38-27-18-16-26(17-19-27)32(35,36)37/h12-20,22-23H,3-11H2,1-2H3. The molecular weight excluding hydrogens is 495 g/mol. The van der Waals surface area contributed by atoms with Crippen LogP contribution in [0.3, 0.4) is 0 Å². The summed E-state index contributed by atoms with van der Waals surface area (Å²) in [6.45, 7) is 3.86. The zero-order valence-corrected chi connectivity index (χ0v) is 22.0. The average molecular weight is 531 g/mol. The van der Waals surface area contributed by atoms with Crippen molar-refractivity contribution < 1.29 is 26.7 Å². The van der Waals surface area contributed by atoms with Crippen molar-refractivity contribution in [2.24, 2.45) is 11.8 Å². The first kappa shape index (κ1) is 28.1. The zero-order chi connectivity index (χ0) is 27.3. The lowest BCUT2D eigenvalue weighted by atomic mass is 9.78. The summed E-state index contributed by atoms with van der Waals surface area (Å²) in [5.41, 5.74) is 1.93. The van der Waals surface area contributed by atoms with Crippen molar-refractivity contribution >= 4 is 0 Å². The summed E-state index contributed by atoms with van der Waals surface area (Å²) in [6, 6.07) is 12.9. The van der Waals surface area contributed by atoms with E-state index in [9.17, 15) is 22.0 Å². The number of hydrogen-bond acceptors (Lipinski definition) is 1. The minimum absolute atomic E-state index is 0.00806. The number of ether oxygens (including phenoxy) is 1. The van der Waals surface area contributed by atoms with Gasteiger partial charge in [0.15, 0.2) is 11.6 Å². The molecule has 204 valence electrons. The topological polar surface area (TPSA) is 9.23 Å². The summed E-state index contributed by atoms with van der Waals surface area (Å²) < 4.78 is 73.2. The van der Waals surface area contributed by atoms with Gasteiger partial charge in [-0.1, -0.05) is 76.1 Å². The number of rotatable bonds is 9. The van der Waals surface area contributed by atoms with Gasteiger partial charge in [-0.2, -0.15) is 17.6 Å². The molecule has 0 amide bonds. The smallest absolute Gasteiger partial charge is 0.416 e. The quantitative estimate of drug-likeness (QED) is 0.250. The molecule has 38 heavy (non-hydrogen) atoms. The molecule has 0 bridgehead atoms. The van der Waals surface area contributed by atoms with Crippen molar-refractivity contribution in [1.82, 2.24) is 0 Å². The van der Waals surface area contributed by atoms with E-state index in [2.05, 4.69) is 6.92 Å². The van der Waals surface area contributed by atoms with Crippen LogP contribution < -0.4 is 4.74 Å². The fourth-order valence-corrected chi connectivity index (χ4v) is 5.47. The normalized spacial score (nSPS) is 18.0. The van der Waals surface area contributed by atoms with E-state index >= 15 is 0 Å². The zero-order valence-electron chi connectivity index (χ0n) is 22.0. The average Bonchev–Trinajstić information content (AvgIpc) is 2.91. The van der Waals surface area contributed by atoms with Gasteiger partial charge < -0.3 is 4.74 Å². The number of hydrogen-bond donors (Lipinski definition) is 0. The van der Waals surface area contributed by atoms with Crippen LogP contribution in [0.25, 0.3) is 11.1 Å². The number of halogens is 5. The third-order valence-corrected chi connectivity index (χ3v) is 7.86. The molecule has 6 heteroatoms. The van der Waals surface area contributed by atoms with Gasteiger partial charge in [0.25, 0.3) is 0 Å². The van der Waals surface area contributed by atoms with Crippen molar-refractivity contribution in [2.45, 2.75) is 77.8 Å². The Morgan fingerprint density at radius 3 is 2.03 bits per heavy atom. The number of aryl methyl sites for hydroxylation is 1. The number of unbranched alkanes of at least 4 members (excludes halogenated alkanes) is 1. The van der Waals surface area contributed by atoms with E-state index in [0.717, 1.165) is 60.6 Å². The van der Waals surface area contributed by atoms with Crippen LogP contribution in [0.2, 0.25) is 0 Å². The van der Waals surface area contributed by atoms with E-state index in [1.54, 1.807) is 6.92 Å². The maximum atomic E-state index is 14.7. The summed E-state index contributed by atoms with van der Waals surface area (Å²) in [5.74, 6) is -0.924. The summed E-state index contributed by atoms with van der Waals surface area (Å²) in [6.07, 6.45) is 6.93. The molecule has 0 unspecified atom stereocenters. The molecule has 3 aromatic rings. The second-order valence-corrected chi connectivity index (χ2v) is 10.6. The minimum atomic E-state index is -4.49. The van der Waals surface area contributed by atoms with Gasteiger partial charge in [-0.3, -0.25) is 0 Å². The molecule has 1 saturated carbocycles. The fraction of sp³-hybridized carbons (Fsp3) is 0.438. The van der Waals surface area contributed by atoms with Crippen LogP contribution in [0.15, 0.2) is 54.6 Å². The first-order valence-electron chi connectivity index (χ1n) is 13.6. The van der Waals surface area contributed by atoms with E-state index in [1.165, 1.54) is 50.5 Å². The van der Waals surface area contributed by atoms with Gasteiger partial charge >= 0.3 is 6.18 Å². The maximum absolute atomic E-state index is 14.7. The first-order valence-corrected chi connectivity index (χ1v) is 13.6. The van der Waals surface area contributed by atoms with E-state index in [-0.39, 0.29) is 11.5 Å². The molecule has 0 aliphatic heterocycles. The van der Waals surface area contributed by atoms with Crippen LogP contribution in [0.1, 0.15) is 75.0 Å². The highest BCUT2D eigenvalue weighted by Gasteiger charge is 2.30. The molecule has 0 radical (unpaired) electrons. The Balaban J connectivity index is 1.43. The second kappa shape index (κ2) is 12.3. The lowest BCUT2D eigenvalue weighted by Gasteiger charge is -2.28. The Kier molecular flexibility index (Phi) is 9.11. The van der Waals surface area contributed by atoms with Gasteiger partial charge in [0, 0.05) is 5.56 Å². The maximum Gasteiger partial charge on any atom is 0.416 e. The highest BCUT2D eigenvalue weighted by molar-refractivity contribution is 5.70. The van der Waals surface area contributed by atoms with E-state index in [4.69, 9.17) is 4.74 Å². The lowest BCUT2D eigenvalue weighted by Crippen LogP contribution is -2.15. The molecule has 1 fully saturated rings. The van der Waals surface area contributed by atoms with Crippen molar-refractivity contribution in [3.63, 3.8) is 0 Å². The van der Waals surface area contributed by atoms with Crippen molar-refractivity contribution in [3.05, 3.63) is 82.9 Å². The third-order valence-electron chi connectivity index (χ3n) is 7.86. The summed E-state index contributed by atoms with van der Waals surface area (Å²) in [7, 11) is 0. The van der Waals surface area contributed by atoms with E-state index in [0.29, 0.717) is 11.1 Å². The highest BCUT2D eigenvalue weighted by atomic mass is 19.4. The Bertz CT molecular complexity index is 1190. The third kappa shape index (κ3) is 6.95. The molecule has 0 spiro atoms. The van der Waals surface area contributed by atoms with Crippen LogP contribution in [0, 0.1) is 30.4 Å². The lowest BCUT2D eigenvalue weighted by molar-refractivity contribution is -0.137. The Morgan fingerprint density at radius 1 is 0.842 bits per heavy atom. The molecule has 1 aliphatic rings. The molecule has 1 aliphatic carbocycles. The predicted molar refractivity (Wildman–Crippen MR) is 141 cm³/mol. The Morgan fingerprint density at radius 2 is 1.45 bits per heavy atom. The van der Waals surface area contributed by atoms with E-state index < -0.39 is 23.4 Å². The Labute approximate surface area is 222 Å². The first-order chi connectivity index (χ1) is 18.2. The van der Waals surface area contributed by atoms with E-state index in [1.807, 2.05) is 24.3 Å². The summed E-state index contributed by atoms with van der Waals surface area (Å²) in [5, 5.41) is 0. The molecule has 0 heterocycles. The van der Waals surface area contributed by atoms with Crippen molar-refractivity contribution in [3.8, 4) is 22.6 Å². The Hall–Kier alpha value is -2.89. The summed E-state index contributed by atoms with van der Waals surface area (Å²) >= 11 is 0. The van der Waals surface area contributed by atoms with Gasteiger partial charge in [-0.25, -0.2) is 4.39 Å². The molecule has 0 aromatic heterocycles.